The molecule has 0 amide bonds. The van der Waals surface area contributed by atoms with Gasteiger partial charge in [0.15, 0.2) is 11.5 Å². The van der Waals surface area contributed by atoms with Gasteiger partial charge in [0.2, 0.25) is 0 Å². The number of aromatic nitrogens is 4. The van der Waals surface area contributed by atoms with Crippen LogP contribution in [-0.4, -0.2) is 49.9 Å². The number of hydrogen-bond donors (Lipinski definition) is 1. The Morgan fingerprint density at radius 3 is 2.50 bits per heavy atom. The fourth-order valence-corrected chi connectivity index (χ4v) is 4.93. The second kappa shape index (κ2) is 6.80. The molecule has 3 aliphatic rings. The second-order valence-electron chi connectivity index (χ2n) is 8.51. The standard InChI is InChI=1S/C20H30N6/c1-3-11-20(12-4-1,25-13-5-2-6-14-25)15-21-17-9-10-18-22-23-19(16-7-8-16)26(18)24-17/h9-10,16H,1-8,11-15H2,(H,21,24). The van der Waals surface area contributed by atoms with Crippen LogP contribution in [0.2, 0.25) is 0 Å². The zero-order valence-electron chi connectivity index (χ0n) is 15.7. The van der Waals surface area contributed by atoms with E-state index >= 15 is 0 Å². The second-order valence-corrected chi connectivity index (χ2v) is 8.51. The first-order chi connectivity index (χ1) is 12.8. The lowest BCUT2D eigenvalue weighted by Crippen LogP contribution is -2.56. The monoisotopic (exact) mass is 354 g/mol. The van der Waals surface area contributed by atoms with Gasteiger partial charge in [0.05, 0.1) is 0 Å². The summed E-state index contributed by atoms with van der Waals surface area (Å²) in [4.78, 5) is 2.79. The Hall–Kier alpha value is -1.69. The molecule has 1 N–H and O–H groups in total. The Morgan fingerprint density at radius 1 is 0.962 bits per heavy atom. The van der Waals surface area contributed by atoms with E-state index in [-0.39, 0.29) is 0 Å². The van der Waals surface area contributed by atoms with Crippen molar-refractivity contribution >= 4 is 11.5 Å². The third-order valence-corrected chi connectivity index (χ3v) is 6.64. The fourth-order valence-electron chi connectivity index (χ4n) is 4.93. The molecule has 2 aromatic rings. The molecule has 26 heavy (non-hydrogen) atoms. The Balaban J connectivity index is 1.35. The molecule has 0 unspecified atom stereocenters. The van der Waals surface area contributed by atoms with Gasteiger partial charge < -0.3 is 5.32 Å². The summed E-state index contributed by atoms with van der Waals surface area (Å²) in [5.74, 6) is 2.55. The van der Waals surface area contributed by atoms with Gasteiger partial charge in [-0.25, -0.2) is 0 Å². The van der Waals surface area contributed by atoms with Crippen molar-refractivity contribution in [2.45, 2.75) is 75.7 Å². The predicted molar refractivity (Wildman–Crippen MR) is 102 cm³/mol. The topological polar surface area (TPSA) is 58.4 Å². The molecule has 0 aromatic carbocycles. The molecule has 1 saturated heterocycles. The van der Waals surface area contributed by atoms with Crippen LogP contribution in [0, 0.1) is 0 Å². The lowest BCUT2D eigenvalue weighted by Gasteiger charge is -2.48. The number of anilines is 1. The smallest absolute Gasteiger partial charge is 0.178 e. The Bertz CT molecular complexity index is 753. The first-order valence-electron chi connectivity index (χ1n) is 10.6. The van der Waals surface area contributed by atoms with Crippen molar-refractivity contribution in [3.63, 3.8) is 0 Å². The molecule has 0 bridgehead atoms. The van der Waals surface area contributed by atoms with E-state index in [0.717, 1.165) is 23.8 Å². The number of hydrogen-bond acceptors (Lipinski definition) is 5. The van der Waals surface area contributed by atoms with Crippen molar-refractivity contribution in [3.05, 3.63) is 18.0 Å². The van der Waals surface area contributed by atoms with Crippen LogP contribution in [0.4, 0.5) is 5.82 Å². The molecular weight excluding hydrogens is 324 g/mol. The van der Waals surface area contributed by atoms with Crippen molar-refractivity contribution in [1.82, 2.24) is 24.7 Å². The molecule has 0 atom stereocenters. The van der Waals surface area contributed by atoms with Crippen LogP contribution in [0.1, 0.15) is 76.0 Å². The Labute approximate surface area is 155 Å². The summed E-state index contributed by atoms with van der Waals surface area (Å²) < 4.78 is 1.95. The summed E-state index contributed by atoms with van der Waals surface area (Å²) in [6, 6.07) is 4.11. The zero-order chi connectivity index (χ0) is 17.4. The number of likely N-dealkylation sites (tertiary alicyclic amines) is 1. The van der Waals surface area contributed by atoms with Crippen LogP contribution in [0.3, 0.4) is 0 Å². The van der Waals surface area contributed by atoms with E-state index in [4.69, 9.17) is 5.10 Å². The van der Waals surface area contributed by atoms with E-state index in [9.17, 15) is 0 Å². The highest BCUT2D eigenvalue weighted by Crippen LogP contribution is 2.39. The minimum absolute atomic E-state index is 0.321. The highest BCUT2D eigenvalue weighted by atomic mass is 15.4. The van der Waals surface area contributed by atoms with E-state index in [2.05, 4.69) is 26.5 Å². The molecule has 0 spiro atoms. The maximum absolute atomic E-state index is 4.82. The van der Waals surface area contributed by atoms with Crippen LogP contribution in [0.25, 0.3) is 5.65 Å². The average molecular weight is 355 g/mol. The number of fused-ring (bicyclic) bond motifs is 1. The molecule has 2 aromatic heterocycles. The SMILES string of the molecule is c1cc2nnc(C3CC3)n2nc1NCC1(N2CCCCC2)CCCCC1. The molecule has 140 valence electrons. The van der Waals surface area contributed by atoms with Gasteiger partial charge in [0.25, 0.3) is 0 Å². The summed E-state index contributed by atoms with van der Waals surface area (Å²) in [7, 11) is 0. The van der Waals surface area contributed by atoms with E-state index in [0.29, 0.717) is 11.5 Å². The summed E-state index contributed by atoms with van der Waals surface area (Å²) >= 11 is 0. The third-order valence-electron chi connectivity index (χ3n) is 6.64. The van der Waals surface area contributed by atoms with Crippen molar-refractivity contribution in [2.75, 3.05) is 25.0 Å². The normalized spacial score (nSPS) is 24.0. The molecular formula is C20H30N6. The Kier molecular flexibility index (Phi) is 4.31. The molecule has 3 fully saturated rings. The lowest BCUT2D eigenvalue weighted by atomic mass is 9.79. The van der Waals surface area contributed by atoms with Crippen molar-refractivity contribution in [2.24, 2.45) is 0 Å². The number of nitrogens with zero attached hydrogens (tertiary/aromatic N) is 5. The van der Waals surface area contributed by atoms with Crippen LogP contribution in [-0.2, 0) is 0 Å². The van der Waals surface area contributed by atoms with Crippen LogP contribution in [0.5, 0.6) is 0 Å². The molecule has 2 aliphatic carbocycles. The molecule has 2 saturated carbocycles. The zero-order valence-corrected chi connectivity index (χ0v) is 15.7. The minimum atomic E-state index is 0.321. The van der Waals surface area contributed by atoms with E-state index in [1.165, 1.54) is 77.3 Å². The van der Waals surface area contributed by atoms with Gasteiger partial charge in [-0.05, 0) is 63.7 Å². The van der Waals surface area contributed by atoms with Gasteiger partial charge in [-0.2, -0.15) is 4.52 Å². The van der Waals surface area contributed by atoms with Crippen LogP contribution >= 0.6 is 0 Å². The number of nitrogens with one attached hydrogen (secondary N) is 1. The molecule has 6 nitrogen and oxygen atoms in total. The van der Waals surface area contributed by atoms with E-state index < -0.39 is 0 Å². The van der Waals surface area contributed by atoms with Crippen LogP contribution < -0.4 is 5.32 Å². The summed E-state index contributed by atoms with van der Waals surface area (Å²) in [5, 5.41) is 17.1. The largest absolute Gasteiger partial charge is 0.367 e. The highest BCUT2D eigenvalue weighted by molar-refractivity contribution is 5.44. The maximum Gasteiger partial charge on any atom is 0.178 e. The number of piperidine rings is 1. The predicted octanol–water partition coefficient (Wildman–Crippen LogP) is 3.60. The quantitative estimate of drug-likeness (QED) is 0.889. The van der Waals surface area contributed by atoms with E-state index in [1.54, 1.807) is 0 Å². The summed E-state index contributed by atoms with van der Waals surface area (Å²) in [6.45, 7) is 3.54. The first kappa shape index (κ1) is 16.5. The Morgan fingerprint density at radius 2 is 1.73 bits per heavy atom. The third kappa shape index (κ3) is 3.08. The van der Waals surface area contributed by atoms with E-state index in [1.807, 2.05) is 10.6 Å². The van der Waals surface area contributed by atoms with Gasteiger partial charge in [0.1, 0.15) is 5.82 Å². The molecule has 1 aliphatic heterocycles. The van der Waals surface area contributed by atoms with Crippen LogP contribution in [0.15, 0.2) is 12.1 Å². The van der Waals surface area contributed by atoms with Gasteiger partial charge in [0, 0.05) is 18.0 Å². The van der Waals surface area contributed by atoms with Crippen molar-refractivity contribution in [1.29, 1.82) is 0 Å². The lowest BCUT2D eigenvalue weighted by molar-refractivity contribution is 0.0437. The first-order valence-corrected chi connectivity index (χ1v) is 10.6. The van der Waals surface area contributed by atoms with Crippen molar-refractivity contribution < 1.29 is 0 Å². The fraction of sp³-hybridized carbons (Fsp3) is 0.750. The number of rotatable bonds is 5. The van der Waals surface area contributed by atoms with Gasteiger partial charge in [-0.1, -0.05) is 25.7 Å². The molecule has 3 heterocycles. The highest BCUT2D eigenvalue weighted by Gasteiger charge is 2.38. The minimum Gasteiger partial charge on any atom is -0.367 e. The summed E-state index contributed by atoms with van der Waals surface area (Å²) in [5.41, 5.74) is 1.18. The van der Waals surface area contributed by atoms with Crippen molar-refractivity contribution in [3.8, 4) is 0 Å². The van der Waals surface area contributed by atoms with Gasteiger partial charge in [-0.3, -0.25) is 4.90 Å². The summed E-state index contributed by atoms with van der Waals surface area (Å²) in [6.07, 6.45) is 13.3. The molecule has 5 rings (SSSR count). The van der Waals surface area contributed by atoms with Gasteiger partial charge in [-0.15, -0.1) is 15.3 Å². The van der Waals surface area contributed by atoms with Gasteiger partial charge >= 0.3 is 0 Å². The molecule has 6 heteroatoms. The average Bonchev–Trinajstić information content (AvgIpc) is 3.47. The molecule has 0 radical (unpaired) electrons. The maximum atomic E-state index is 4.82.